The molecule has 1 rings (SSSR count). The molecule has 0 saturated carbocycles. The minimum atomic E-state index is -1.36. The predicted molar refractivity (Wildman–Crippen MR) is 82.0 cm³/mol. The van der Waals surface area contributed by atoms with Crippen molar-refractivity contribution in [1.82, 2.24) is 5.32 Å². The van der Waals surface area contributed by atoms with Crippen molar-refractivity contribution in [2.24, 2.45) is 16.5 Å². The normalized spacial score (nSPS) is 29.3. The van der Waals surface area contributed by atoms with E-state index in [1.54, 1.807) is 0 Å². The maximum Gasteiger partial charge on any atom is 0.332 e. The lowest BCUT2D eigenvalue weighted by molar-refractivity contribution is -0.187. The number of aliphatic hydroxyl groups is 2. The number of guanidine groups is 1. The van der Waals surface area contributed by atoms with Crippen LogP contribution in [0.2, 0.25) is 0 Å². The van der Waals surface area contributed by atoms with E-state index in [1.807, 2.05) is 0 Å². The highest BCUT2D eigenvalue weighted by Crippen LogP contribution is 2.27. The summed E-state index contributed by atoms with van der Waals surface area (Å²) in [5, 5.41) is 30.9. The number of carboxylic acids is 1. The van der Waals surface area contributed by atoms with Gasteiger partial charge in [0.2, 0.25) is 5.91 Å². The van der Waals surface area contributed by atoms with Gasteiger partial charge in [-0.2, -0.15) is 0 Å². The number of carboxylic acid groups (broad SMARTS) is 1. The van der Waals surface area contributed by atoms with E-state index in [1.165, 1.54) is 14.0 Å². The molecule has 0 aliphatic carbocycles. The van der Waals surface area contributed by atoms with Crippen LogP contribution in [0, 0.1) is 0 Å². The predicted octanol–water partition coefficient (Wildman–Crippen LogP) is -3.26. The number of nitrogens with one attached hydrogen (secondary N) is 1. The third-order valence-corrected chi connectivity index (χ3v) is 3.67. The van der Waals surface area contributed by atoms with Crippen LogP contribution in [0.5, 0.6) is 0 Å². The number of carbonyl (C=O) groups is 2. The van der Waals surface area contributed by atoms with Gasteiger partial charge in [-0.1, -0.05) is 0 Å². The Kier molecular flexibility index (Phi) is 7.35. The molecule has 6 atom stereocenters. The van der Waals surface area contributed by atoms with Crippen molar-refractivity contribution in [1.29, 1.82) is 0 Å². The van der Waals surface area contributed by atoms with Crippen molar-refractivity contribution in [2.45, 2.75) is 49.8 Å². The van der Waals surface area contributed by atoms with Crippen molar-refractivity contribution >= 4 is 17.8 Å². The summed E-state index contributed by atoms with van der Waals surface area (Å²) in [6, 6.07) is -1.66. The first-order chi connectivity index (χ1) is 11.2. The van der Waals surface area contributed by atoms with Gasteiger partial charge in [-0.25, -0.2) is 9.79 Å². The van der Waals surface area contributed by atoms with Crippen LogP contribution in [0.25, 0.3) is 0 Å². The second kappa shape index (κ2) is 8.78. The third kappa shape index (κ3) is 5.03. The van der Waals surface area contributed by atoms with E-state index in [4.69, 9.17) is 26.0 Å². The number of aliphatic imine (C=N–C) groups is 1. The maximum atomic E-state index is 11.5. The Morgan fingerprint density at radius 2 is 2.08 bits per heavy atom. The molecule has 1 amide bonds. The minimum Gasteiger partial charge on any atom is -0.479 e. The molecular formula is C13H24N4O7. The molecule has 8 N–H and O–H groups in total. The summed E-state index contributed by atoms with van der Waals surface area (Å²) in [4.78, 5) is 26.8. The number of methoxy groups -OCH3 is 1. The van der Waals surface area contributed by atoms with Gasteiger partial charge in [-0.05, 0) is 0 Å². The number of amides is 1. The Morgan fingerprint density at radius 1 is 1.46 bits per heavy atom. The Hall–Kier alpha value is -1.95. The van der Waals surface area contributed by atoms with Crippen molar-refractivity contribution in [2.75, 3.05) is 13.7 Å². The van der Waals surface area contributed by atoms with Crippen LogP contribution < -0.4 is 16.8 Å². The zero-order valence-electron chi connectivity index (χ0n) is 13.5. The fourth-order valence-corrected chi connectivity index (χ4v) is 2.71. The lowest BCUT2D eigenvalue weighted by Crippen LogP contribution is -2.63. The van der Waals surface area contributed by atoms with Crippen molar-refractivity contribution in [3.05, 3.63) is 0 Å². The summed E-state index contributed by atoms with van der Waals surface area (Å²) >= 11 is 0. The number of rotatable bonds is 7. The number of aliphatic carboxylic acids is 1. The second-order valence-corrected chi connectivity index (χ2v) is 5.46. The fourth-order valence-electron chi connectivity index (χ4n) is 2.71. The molecule has 11 nitrogen and oxygen atoms in total. The molecule has 11 heteroatoms. The van der Waals surface area contributed by atoms with Crippen LogP contribution >= 0.6 is 0 Å². The van der Waals surface area contributed by atoms with Gasteiger partial charge in [0.05, 0.1) is 18.7 Å². The number of hydrogen-bond donors (Lipinski definition) is 6. The average Bonchev–Trinajstić information content (AvgIpc) is 2.49. The first kappa shape index (κ1) is 20.1. The fraction of sp³-hybridized carbons (Fsp3) is 0.769. The van der Waals surface area contributed by atoms with Gasteiger partial charge in [0, 0.05) is 20.5 Å². The van der Waals surface area contributed by atoms with Crippen LogP contribution in [0.1, 0.15) is 13.3 Å². The lowest BCUT2D eigenvalue weighted by Gasteiger charge is -2.43. The number of ether oxygens (including phenoxy) is 2. The largest absolute Gasteiger partial charge is 0.479 e. The standard InChI is InChI=1S/C13H24N4O7/c1-5(19)16-9-6(17-13(14)15)3-8(12(21)22)24-11(9)10(23-2)7(20)4-18/h6-11,18,20H,3-4H2,1-2H3,(H,16,19)(H,21,22)(H4,14,15,17)/t6-,7+,8-,9+,10+,11+/m0/s1. The Balaban J connectivity index is 3.25. The molecule has 138 valence electrons. The van der Waals surface area contributed by atoms with Crippen molar-refractivity contribution < 1.29 is 34.4 Å². The summed E-state index contributed by atoms with van der Waals surface area (Å²) in [7, 11) is 1.26. The number of aliphatic hydroxyl groups excluding tert-OH is 2. The first-order valence-electron chi connectivity index (χ1n) is 7.27. The second-order valence-electron chi connectivity index (χ2n) is 5.46. The number of carbonyl (C=O) groups excluding carboxylic acids is 1. The van der Waals surface area contributed by atoms with Crippen LogP contribution in [-0.2, 0) is 19.1 Å². The Morgan fingerprint density at radius 3 is 2.50 bits per heavy atom. The molecule has 0 radical (unpaired) electrons. The van der Waals surface area contributed by atoms with Crippen molar-refractivity contribution in [3.8, 4) is 0 Å². The summed E-state index contributed by atoms with van der Waals surface area (Å²) in [5.41, 5.74) is 10.8. The third-order valence-electron chi connectivity index (χ3n) is 3.67. The van der Waals surface area contributed by atoms with E-state index in [2.05, 4.69) is 10.3 Å². The first-order valence-corrected chi connectivity index (χ1v) is 7.27. The van der Waals surface area contributed by atoms with Gasteiger partial charge < -0.3 is 41.6 Å². The lowest BCUT2D eigenvalue weighted by atomic mass is 9.88. The molecule has 1 aliphatic heterocycles. The minimum absolute atomic E-state index is 0.0830. The van der Waals surface area contributed by atoms with Crippen molar-refractivity contribution in [3.63, 3.8) is 0 Å². The number of hydrogen-bond acceptors (Lipinski definition) is 7. The molecule has 24 heavy (non-hydrogen) atoms. The molecule has 1 aliphatic rings. The Bertz CT molecular complexity index is 483. The highest BCUT2D eigenvalue weighted by molar-refractivity contribution is 5.77. The van der Waals surface area contributed by atoms with Gasteiger partial charge in [-0.15, -0.1) is 0 Å². The van der Waals surface area contributed by atoms with E-state index in [0.717, 1.165) is 0 Å². The summed E-state index contributed by atoms with van der Waals surface area (Å²) in [6.07, 6.45) is -4.91. The molecule has 0 aromatic carbocycles. The average molecular weight is 348 g/mol. The van der Waals surface area contributed by atoms with Crippen LogP contribution in [0.4, 0.5) is 0 Å². The molecule has 0 aromatic heterocycles. The smallest absolute Gasteiger partial charge is 0.332 e. The SMILES string of the molecule is CO[C@@H]([C@@H]1O[C@H](C(=O)O)C[C@H](N=C(N)N)[C@H]1NC(C)=O)[C@H](O)CO. The summed E-state index contributed by atoms with van der Waals surface area (Å²) < 4.78 is 10.6. The highest BCUT2D eigenvalue weighted by Gasteiger charge is 2.47. The van der Waals surface area contributed by atoms with Gasteiger partial charge in [-0.3, -0.25) is 4.79 Å². The van der Waals surface area contributed by atoms with Crippen LogP contribution in [-0.4, -0.2) is 83.4 Å². The molecule has 1 fully saturated rings. The zero-order valence-corrected chi connectivity index (χ0v) is 13.5. The van der Waals surface area contributed by atoms with E-state index < -0.39 is 55.0 Å². The van der Waals surface area contributed by atoms with E-state index in [0.29, 0.717) is 0 Å². The molecule has 1 saturated heterocycles. The molecule has 1 heterocycles. The molecule has 0 unspecified atom stereocenters. The Labute approximate surface area is 138 Å². The number of nitrogens with two attached hydrogens (primary N) is 2. The molecule has 0 aromatic rings. The zero-order chi connectivity index (χ0) is 18.4. The summed E-state index contributed by atoms with van der Waals surface area (Å²) in [5.74, 6) is -1.95. The van der Waals surface area contributed by atoms with Gasteiger partial charge in [0.15, 0.2) is 12.1 Å². The molecule has 0 spiro atoms. The summed E-state index contributed by atoms with van der Waals surface area (Å²) in [6.45, 7) is 0.618. The topological polar surface area (TPSA) is 190 Å². The maximum absolute atomic E-state index is 11.5. The van der Waals surface area contributed by atoms with Crippen LogP contribution in [0.3, 0.4) is 0 Å². The van der Waals surface area contributed by atoms with Crippen LogP contribution in [0.15, 0.2) is 4.99 Å². The van der Waals surface area contributed by atoms with E-state index in [9.17, 15) is 19.8 Å². The highest BCUT2D eigenvalue weighted by atomic mass is 16.6. The van der Waals surface area contributed by atoms with E-state index >= 15 is 0 Å². The van der Waals surface area contributed by atoms with Gasteiger partial charge in [0.1, 0.15) is 18.3 Å². The molecular weight excluding hydrogens is 324 g/mol. The number of nitrogens with zero attached hydrogens (tertiary/aromatic N) is 1. The van der Waals surface area contributed by atoms with Gasteiger partial charge in [0.25, 0.3) is 0 Å². The quantitative estimate of drug-likeness (QED) is 0.202. The monoisotopic (exact) mass is 348 g/mol. The van der Waals surface area contributed by atoms with Gasteiger partial charge >= 0.3 is 5.97 Å². The molecule has 0 bridgehead atoms. The van der Waals surface area contributed by atoms with E-state index in [-0.39, 0.29) is 12.4 Å².